The minimum absolute atomic E-state index is 0.0626. The van der Waals surface area contributed by atoms with Crippen molar-refractivity contribution in [3.8, 4) is 17.2 Å². The fraction of sp³-hybridized carbons (Fsp3) is 0.263. The Morgan fingerprint density at radius 1 is 1.17 bits per heavy atom. The zero-order valence-corrected chi connectivity index (χ0v) is 16.5. The molecule has 1 saturated heterocycles. The van der Waals surface area contributed by atoms with Gasteiger partial charge >= 0.3 is 0 Å². The molecule has 0 radical (unpaired) electrons. The van der Waals surface area contributed by atoms with Crippen molar-refractivity contribution in [2.45, 2.75) is 17.7 Å². The van der Waals surface area contributed by atoms with Gasteiger partial charge in [0, 0.05) is 24.2 Å². The number of nitrogens with one attached hydrogen (secondary N) is 1. The summed E-state index contributed by atoms with van der Waals surface area (Å²) >= 11 is 0. The Morgan fingerprint density at radius 2 is 1.83 bits per heavy atom. The van der Waals surface area contributed by atoms with Crippen molar-refractivity contribution in [1.82, 2.24) is 9.73 Å². The molecule has 1 fully saturated rings. The number of phenolic OH excluding ortho intramolecular Hbond substituents is 2. The lowest BCUT2D eigenvalue weighted by Gasteiger charge is -2.15. The summed E-state index contributed by atoms with van der Waals surface area (Å²) in [5.74, 6) is -1.24. The van der Waals surface area contributed by atoms with Crippen molar-refractivity contribution in [3.05, 3.63) is 47.5 Å². The number of nitrogens with zero attached hydrogens (tertiary/aromatic N) is 2. The van der Waals surface area contributed by atoms with Crippen LogP contribution in [0, 0.1) is 0 Å². The van der Waals surface area contributed by atoms with E-state index in [4.69, 9.17) is 4.74 Å². The molecule has 1 aliphatic heterocycles. The summed E-state index contributed by atoms with van der Waals surface area (Å²) in [6.07, 6.45) is 2.97. The molecular formula is C19H21N3O6S. The Balaban J connectivity index is 1.67. The Morgan fingerprint density at radius 3 is 2.45 bits per heavy atom. The monoisotopic (exact) mass is 419 g/mol. The van der Waals surface area contributed by atoms with Crippen LogP contribution in [0.1, 0.15) is 28.8 Å². The van der Waals surface area contributed by atoms with E-state index in [1.807, 2.05) is 0 Å². The van der Waals surface area contributed by atoms with Gasteiger partial charge < -0.3 is 14.9 Å². The lowest BCUT2D eigenvalue weighted by molar-refractivity contribution is 0.0955. The van der Waals surface area contributed by atoms with Crippen molar-refractivity contribution in [2.24, 2.45) is 5.10 Å². The number of hydrazone groups is 1. The van der Waals surface area contributed by atoms with Crippen LogP contribution in [0.5, 0.6) is 17.2 Å². The highest BCUT2D eigenvalue weighted by atomic mass is 32.2. The number of carbonyl (C=O) groups excluding carboxylic acids is 1. The van der Waals surface area contributed by atoms with E-state index in [9.17, 15) is 23.4 Å². The minimum atomic E-state index is -3.53. The summed E-state index contributed by atoms with van der Waals surface area (Å²) in [4.78, 5) is 12.3. The summed E-state index contributed by atoms with van der Waals surface area (Å²) in [5.41, 5.74) is 2.96. The van der Waals surface area contributed by atoms with Crippen molar-refractivity contribution in [3.63, 3.8) is 0 Å². The van der Waals surface area contributed by atoms with Crippen molar-refractivity contribution in [2.75, 3.05) is 20.2 Å². The Labute approximate surface area is 168 Å². The van der Waals surface area contributed by atoms with Gasteiger partial charge in [-0.1, -0.05) is 0 Å². The fourth-order valence-corrected chi connectivity index (χ4v) is 4.45. The highest BCUT2D eigenvalue weighted by Crippen LogP contribution is 2.35. The van der Waals surface area contributed by atoms with Gasteiger partial charge in [0.1, 0.15) is 0 Å². The highest BCUT2D eigenvalue weighted by molar-refractivity contribution is 7.89. The summed E-state index contributed by atoms with van der Waals surface area (Å²) in [7, 11) is -2.19. The zero-order chi connectivity index (χ0) is 21.0. The molecule has 0 aliphatic carbocycles. The second-order valence-corrected chi connectivity index (χ2v) is 8.36. The molecule has 10 heteroatoms. The number of hydrogen-bond donors (Lipinski definition) is 3. The average Bonchev–Trinajstić information content (AvgIpc) is 3.26. The number of sulfonamides is 1. The van der Waals surface area contributed by atoms with Crippen LogP contribution >= 0.6 is 0 Å². The standard InChI is InChI=1S/C19H21N3O6S/c1-28-17-11-13(10-16(23)18(17)24)12-20-21-19(25)14-4-6-15(7-5-14)29(26,27)22-8-2-3-9-22/h4-7,10-12,23-24H,2-3,8-9H2,1H3,(H,21,25)/b20-12+. The van der Waals surface area contributed by atoms with Crippen molar-refractivity contribution >= 4 is 22.1 Å². The van der Waals surface area contributed by atoms with Gasteiger partial charge in [0.2, 0.25) is 15.8 Å². The Hall–Kier alpha value is -3.11. The van der Waals surface area contributed by atoms with Crippen molar-refractivity contribution < 1.29 is 28.2 Å². The molecule has 0 unspecified atom stereocenters. The highest BCUT2D eigenvalue weighted by Gasteiger charge is 2.27. The van der Waals surface area contributed by atoms with Crippen LogP contribution < -0.4 is 10.2 Å². The first-order valence-electron chi connectivity index (χ1n) is 8.86. The second-order valence-electron chi connectivity index (χ2n) is 6.43. The maximum Gasteiger partial charge on any atom is 0.271 e. The molecule has 29 heavy (non-hydrogen) atoms. The molecule has 0 aromatic heterocycles. The number of phenols is 2. The lowest BCUT2D eigenvalue weighted by Crippen LogP contribution is -2.28. The van der Waals surface area contributed by atoms with E-state index in [0.29, 0.717) is 18.7 Å². The van der Waals surface area contributed by atoms with Gasteiger partial charge in [-0.05, 0) is 49.2 Å². The largest absolute Gasteiger partial charge is 0.504 e. The van der Waals surface area contributed by atoms with E-state index in [2.05, 4.69) is 10.5 Å². The zero-order valence-electron chi connectivity index (χ0n) is 15.7. The molecule has 0 spiro atoms. The number of ether oxygens (including phenoxy) is 1. The molecule has 1 aliphatic rings. The minimum Gasteiger partial charge on any atom is -0.504 e. The number of hydrogen-bond acceptors (Lipinski definition) is 7. The first-order valence-corrected chi connectivity index (χ1v) is 10.3. The molecule has 0 saturated carbocycles. The van der Waals surface area contributed by atoms with Gasteiger partial charge in [-0.25, -0.2) is 13.8 Å². The Bertz CT molecular complexity index is 1030. The second kappa shape index (κ2) is 8.50. The summed E-state index contributed by atoms with van der Waals surface area (Å²) in [5, 5.41) is 23.0. The van der Waals surface area contributed by atoms with Gasteiger partial charge in [0.25, 0.3) is 5.91 Å². The first-order chi connectivity index (χ1) is 13.8. The van der Waals surface area contributed by atoms with Gasteiger partial charge in [-0.15, -0.1) is 0 Å². The molecule has 2 aromatic carbocycles. The van der Waals surface area contributed by atoms with Crippen LogP contribution in [0.3, 0.4) is 0 Å². The smallest absolute Gasteiger partial charge is 0.271 e. The molecule has 154 valence electrons. The van der Waals surface area contributed by atoms with Crippen LogP contribution in [0.4, 0.5) is 0 Å². The van der Waals surface area contributed by atoms with Gasteiger partial charge in [-0.2, -0.15) is 9.41 Å². The molecule has 0 atom stereocenters. The number of amides is 1. The molecule has 1 heterocycles. The fourth-order valence-electron chi connectivity index (χ4n) is 2.93. The van der Waals surface area contributed by atoms with Gasteiger partial charge in [-0.3, -0.25) is 4.79 Å². The number of carbonyl (C=O) groups is 1. The molecule has 3 rings (SSSR count). The van der Waals surface area contributed by atoms with Crippen LogP contribution in [-0.2, 0) is 10.0 Å². The van der Waals surface area contributed by atoms with Crippen LogP contribution in [0.15, 0.2) is 46.4 Å². The third kappa shape index (κ3) is 4.49. The van der Waals surface area contributed by atoms with Crippen LogP contribution in [0.2, 0.25) is 0 Å². The number of benzene rings is 2. The predicted octanol–water partition coefficient (Wildman–Crippen LogP) is 1.65. The number of methoxy groups -OCH3 is 1. The SMILES string of the molecule is COc1cc(/C=N/NC(=O)c2ccc(S(=O)(=O)N3CCCC3)cc2)cc(O)c1O. The van der Waals surface area contributed by atoms with E-state index in [-0.39, 0.29) is 22.0 Å². The predicted molar refractivity (Wildman–Crippen MR) is 106 cm³/mol. The van der Waals surface area contributed by atoms with Crippen LogP contribution in [0.25, 0.3) is 0 Å². The quantitative estimate of drug-likeness (QED) is 0.371. The first kappa shape index (κ1) is 20.6. The van der Waals surface area contributed by atoms with E-state index in [1.54, 1.807) is 0 Å². The average molecular weight is 419 g/mol. The van der Waals surface area contributed by atoms with Crippen molar-refractivity contribution in [1.29, 1.82) is 0 Å². The molecular weight excluding hydrogens is 398 g/mol. The summed E-state index contributed by atoms with van der Waals surface area (Å²) in [6.45, 7) is 1.02. The lowest BCUT2D eigenvalue weighted by atomic mass is 10.2. The van der Waals surface area contributed by atoms with Gasteiger partial charge in [0.05, 0.1) is 18.2 Å². The van der Waals surface area contributed by atoms with E-state index < -0.39 is 21.7 Å². The van der Waals surface area contributed by atoms with E-state index >= 15 is 0 Å². The van der Waals surface area contributed by atoms with Crippen LogP contribution in [-0.4, -0.2) is 55.3 Å². The molecule has 2 aromatic rings. The molecule has 3 N–H and O–H groups in total. The maximum atomic E-state index is 12.5. The van der Waals surface area contributed by atoms with E-state index in [0.717, 1.165) is 12.8 Å². The topological polar surface area (TPSA) is 129 Å². The third-order valence-corrected chi connectivity index (χ3v) is 6.41. The van der Waals surface area contributed by atoms with Gasteiger partial charge in [0.15, 0.2) is 11.5 Å². The third-order valence-electron chi connectivity index (χ3n) is 4.50. The molecule has 0 bridgehead atoms. The molecule has 9 nitrogen and oxygen atoms in total. The summed E-state index contributed by atoms with van der Waals surface area (Å²) < 4.78 is 31.4. The molecule has 1 amide bonds. The Kier molecular flexibility index (Phi) is 6.04. The normalized spacial score (nSPS) is 14.9. The summed E-state index contributed by atoms with van der Waals surface area (Å²) in [6, 6.07) is 8.32. The maximum absolute atomic E-state index is 12.5. The number of aromatic hydroxyl groups is 2. The number of rotatable bonds is 6. The van der Waals surface area contributed by atoms with E-state index in [1.165, 1.54) is 54.0 Å².